The van der Waals surface area contributed by atoms with Crippen LogP contribution in [0.3, 0.4) is 0 Å². The Bertz CT molecular complexity index is 1260. The van der Waals surface area contributed by atoms with Crippen LogP contribution in [0.5, 0.6) is 23.0 Å². The summed E-state index contributed by atoms with van der Waals surface area (Å²) in [4.78, 5) is 10.3. The van der Waals surface area contributed by atoms with Gasteiger partial charge in [0.2, 0.25) is 5.75 Å². The van der Waals surface area contributed by atoms with Crippen LogP contribution in [0, 0.1) is 21.4 Å². The third-order valence-electron chi connectivity index (χ3n) is 4.06. The van der Waals surface area contributed by atoms with Crippen LogP contribution in [0.15, 0.2) is 57.5 Å². The van der Waals surface area contributed by atoms with Crippen molar-refractivity contribution in [2.75, 3.05) is 6.61 Å². The molecule has 0 heterocycles. The van der Waals surface area contributed by atoms with Gasteiger partial charge in [-0.25, -0.2) is 0 Å². The van der Waals surface area contributed by atoms with E-state index >= 15 is 0 Å². The molecule has 0 unspecified atom stereocenters. The number of aromatic hydroxyl groups is 1. The summed E-state index contributed by atoms with van der Waals surface area (Å²) >= 11 is 12.0. The Morgan fingerprint density at radius 1 is 1.11 bits per heavy atom. The zero-order chi connectivity index (χ0) is 26.3. The van der Waals surface area contributed by atoms with Crippen molar-refractivity contribution in [2.45, 2.75) is 13.1 Å². The fourth-order valence-electron chi connectivity index (χ4n) is 2.50. The van der Waals surface area contributed by atoms with Gasteiger partial charge < -0.3 is 14.6 Å². The minimum Gasteiger partial charge on any atom is -0.506 e. The molecule has 3 rings (SSSR count). The van der Waals surface area contributed by atoms with Crippen molar-refractivity contribution < 1.29 is 32.7 Å². The number of hydrogen-bond donors (Lipinski definition) is 1. The quantitative estimate of drug-likeness (QED) is 0.223. The van der Waals surface area contributed by atoms with Crippen molar-refractivity contribution in [2.24, 2.45) is 0 Å². The highest BCUT2D eigenvalue weighted by molar-refractivity contribution is 9.11. The summed E-state index contributed by atoms with van der Waals surface area (Å²) in [6.45, 7) is 1.86. The lowest BCUT2D eigenvalue weighted by Gasteiger charge is -2.12. The lowest BCUT2D eigenvalue weighted by atomic mass is 10.2. The fraction of sp³-hybridized carbons (Fsp3) is 0.136. The fourth-order valence-corrected chi connectivity index (χ4v) is 3.90. The maximum absolute atomic E-state index is 12.6. The van der Waals surface area contributed by atoms with E-state index in [1.165, 1.54) is 18.2 Å². The number of phenolic OH excluding ortho intramolecular Hbond substituents is 1. The van der Waals surface area contributed by atoms with Crippen molar-refractivity contribution >= 4 is 49.1 Å². The van der Waals surface area contributed by atoms with Gasteiger partial charge in [-0.2, -0.15) is 18.4 Å². The Kier molecular flexibility index (Phi) is 9.76. The van der Waals surface area contributed by atoms with E-state index in [4.69, 9.17) is 26.3 Å². The highest BCUT2D eigenvalue weighted by Crippen LogP contribution is 2.38. The van der Waals surface area contributed by atoms with Crippen LogP contribution in [-0.4, -0.2) is 16.6 Å². The van der Waals surface area contributed by atoms with Crippen LogP contribution < -0.4 is 9.47 Å². The van der Waals surface area contributed by atoms with Crippen molar-refractivity contribution in [3.05, 3.63) is 83.7 Å². The Balaban J connectivity index is 0.000000328. The number of halogens is 6. The SMILES string of the molecule is CCOc1cc(Oc2ccc(C(F)(F)F)cc2Cl)ccc1[N+](=O)[O-].N#Cc1cc(Br)c(O)c(Br)c1. The standard InChI is InChI=1S/C15H11ClF3NO4.C7H3Br2NO/c1-2-23-14-8-10(4-5-12(14)20(21)22)24-13-6-3-9(7-11(13)16)15(17,18)19;8-5-1-4(3-10)2-6(9)7(5)11/h3-8H,2H2,1H3;1-2,11H. The summed E-state index contributed by atoms with van der Waals surface area (Å²) in [5.41, 5.74) is -0.650. The molecule has 35 heavy (non-hydrogen) atoms. The van der Waals surface area contributed by atoms with E-state index in [0.29, 0.717) is 14.5 Å². The number of benzene rings is 3. The summed E-state index contributed by atoms with van der Waals surface area (Å²) in [6.07, 6.45) is -4.52. The molecule has 0 fully saturated rings. The molecule has 0 aliphatic rings. The van der Waals surface area contributed by atoms with E-state index < -0.39 is 16.7 Å². The summed E-state index contributed by atoms with van der Waals surface area (Å²) in [5.74, 6) is 0.235. The molecule has 0 amide bonds. The van der Waals surface area contributed by atoms with Crippen LogP contribution >= 0.6 is 43.5 Å². The topological polar surface area (TPSA) is 106 Å². The third kappa shape index (κ3) is 7.74. The van der Waals surface area contributed by atoms with E-state index in [2.05, 4.69) is 31.9 Å². The summed E-state index contributed by atoms with van der Waals surface area (Å²) in [5, 5.41) is 28.4. The van der Waals surface area contributed by atoms with Gasteiger partial charge >= 0.3 is 11.9 Å². The molecular weight excluding hydrogens is 625 g/mol. The molecule has 3 aromatic rings. The molecule has 1 N–H and O–H groups in total. The average Bonchev–Trinajstić information content (AvgIpc) is 2.78. The summed E-state index contributed by atoms with van der Waals surface area (Å²) < 4.78 is 49.4. The maximum Gasteiger partial charge on any atom is 0.416 e. The van der Waals surface area contributed by atoms with E-state index in [9.17, 15) is 28.4 Å². The van der Waals surface area contributed by atoms with Gasteiger partial charge in [-0.15, -0.1) is 0 Å². The predicted octanol–water partition coefficient (Wildman–Crippen LogP) is 8.25. The molecule has 3 aromatic carbocycles. The van der Waals surface area contributed by atoms with Gasteiger partial charge in [0.1, 0.15) is 17.2 Å². The van der Waals surface area contributed by atoms with Gasteiger partial charge in [0.25, 0.3) is 0 Å². The highest BCUT2D eigenvalue weighted by Gasteiger charge is 2.31. The minimum atomic E-state index is -4.52. The van der Waals surface area contributed by atoms with Gasteiger partial charge in [-0.3, -0.25) is 10.1 Å². The largest absolute Gasteiger partial charge is 0.506 e. The van der Waals surface area contributed by atoms with Crippen molar-refractivity contribution in [3.8, 4) is 29.1 Å². The Morgan fingerprint density at radius 3 is 2.23 bits per heavy atom. The van der Waals surface area contributed by atoms with E-state index in [-0.39, 0.29) is 40.3 Å². The molecule has 0 spiro atoms. The third-order valence-corrected chi connectivity index (χ3v) is 5.57. The van der Waals surface area contributed by atoms with Gasteiger partial charge in [0.15, 0.2) is 0 Å². The van der Waals surface area contributed by atoms with Crippen molar-refractivity contribution in [1.82, 2.24) is 0 Å². The second-order valence-electron chi connectivity index (χ2n) is 6.46. The zero-order valence-corrected chi connectivity index (χ0v) is 21.5. The zero-order valence-electron chi connectivity index (χ0n) is 17.6. The van der Waals surface area contributed by atoms with E-state index in [0.717, 1.165) is 18.2 Å². The summed E-state index contributed by atoms with van der Waals surface area (Å²) in [6, 6.07) is 11.5. The second-order valence-corrected chi connectivity index (χ2v) is 8.58. The van der Waals surface area contributed by atoms with Crippen molar-refractivity contribution in [1.29, 1.82) is 5.26 Å². The Hall–Kier alpha value is -3.01. The van der Waals surface area contributed by atoms with Crippen molar-refractivity contribution in [3.63, 3.8) is 0 Å². The van der Waals surface area contributed by atoms with E-state index in [1.807, 2.05) is 6.07 Å². The molecule has 0 aliphatic heterocycles. The first-order valence-corrected chi connectivity index (χ1v) is 11.4. The van der Waals surface area contributed by atoms with Gasteiger partial charge in [-0.05, 0) is 75.2 Å². The molecule has 0 saturated carbocycles. The number of nitrogens with zero attached hydrogens (tertiary/aromatic N) is 2. The van der Waals surface area contributed by atoms with Crippen LogP contribution in [0.2, 0.25) is 5.02 Å². The molecule has 13 heteroatoms. The molecule has 0 aromatic heterocycles. The maximum atomic E-state index is 12.6. The average molecular weight is 639 g/mol. The highest BCUT2D eigenvalue weighted by atomic mass is 79.9. The number of alkyl halides is 3. The van der Waals surface area contributed by atoms with Crippen LogP contribution in [0.4, 0.5) is 18.9 Å². The second kappa shape index (κ2) is 12.1. The first-order valence-electron chi connectivity index (χ1n) is 9.41. The predicted molar refractivity (Wildman–Crippen MR) is 129 cm³/mol. The van der Waals surface area contributed by atoms with Crippen LogP contribution in [0.25, 0.3) is 0 Å². The first kappa shape index (κ1) is 28.2. The van der Waals surface area contributed by atoms with Crippen LogP contribution in [-0.2, 0) is 6.18 Å². The number of nitriles is 1. The normalized spacial score (nSPS) is 10.6. The van der Waals surface area contributed by atoms with Crippen LogP contribution in [0.1, 0.15) is 18.1 Å². The number of nitro groups is 1. The summed E-state index contributed by atoms with van der Waals surface area (Å²) in [7, 11) is 0. The minimum absolute atomic E-state index is 0.0111. The smallest absolute Gasteiger partial charge is 0.416 e. The Labute approximate surface area is 219 Å². The molecule has 0 bridgehead atoms. The number of rotatable bonds is 5. The monoisotopic (exact) mass is 636 g/mol. The number of ether oxygens (including phenoxy) is 2. The van der Waals surface area contributed by atoms with E-state index in [1.54, 1.807) is 19.1 Å². The Morgan fingerprint density at radius 2 is 1.74 bits per heavy atom. The number of phenols is 1. The lowest BCUT2D eigenvalue weighted by Crippen LogP contribution is -2.04. The molecular formula is C22H14Br2ClF3N2O5. The van der Waals surface area contributed by atoms with Gasteiger partial charge in [0.05, 0.1) is 42.7 Å². The molecule has 0 saturated heterocycles. The first-order chi connectivity index (χ1) is 16.4. The molecule has 0 aliphatic carbocycles. The lowest BCUT2D eigenvalue weighted by molar-refractivity contribution is -0.385. The molecule has 7 nitrogen and oxygen atoms in total. The molecule has 184 valence electrons. The molecule has 0 radical (unpaired) electrons. The number of nitro benzene ring substituents is 1. The van der Waals surface area contributed by atoms with Gasteiger partial charge in [-0.1, -0.05) is 11.6 Å². The number of hydrogen-bond acceptors (Lipinski definition) is 6. The molecule has 0 atom stereocenters. The van der Waals surface area contributed by atoms with Gasteiger partial charge in [0, 0.05) is 12.1 Å².